The zero-order valence-corrected chi connectivity index (χ0v) is 10.8. The van der Waals surface area contributed by atoms with Crippen molar-refractivity contribution in [2.45, 2.75) is 12.3 Å². The molecule has 94 valence electrons. The summed E-state index contributed by atoms with van der Waals surface area (Å²) >= 11 is 1.61. The van der Waals surface area contributed by atoms with Crippen LogP contribution in [0.5, 0.6) is 5.75 Å². The van der Waals surface area contributed by atoms with E-state index in [9.17, 15) is 9.90 Å². The molecular weight excluding hydrogens is 248 g/mol. The summed E-state index contributed by atoms with van der Waals surface area (Å²) < 4.78 is 4.74. The molecule has 1 heterocycles. The van der Waals surface area contributed by atoms with E-state index < -0.39 is 0 Å². The van der Waals surface area contributed by atoms with Crippen molar-refractivity contribution in [2.24, 2.45) is 0 Å². The van der Waals surface area contributed by atoms with Crippen molar-refractivity contribution in [2.75, 3.05) is 7.11 Å². The Bertz CT molecular complexity index is 502. The predicted molar refractivity (Wildman–Crippen MR) is 70.9 cm³/mol. The Morgan fingerprint density at radius 1 is 1.33 bits per heavy atom. The zero-order valence-electron chi connectivity index (χ0n) is 10.00. The van der Waals surface area contributed by atoms with E-state index in [1.165, 1.54) is 7.11 Å². The van der Waals surface area contributed by atoms with Crippen LogP contribution in [0, 0.1) is 0 Å². The van der Waals surface area contributed by atoms with Crippen LogP contribution in [-0.4, -0.2) is 18.2 Å². The number of phenolic OH excluding ortho intramolecular Hbond substituents is 1. The number of ether oxygens (including phenoxy) is 1. The first-order chi connectivity index (χ1) is 8.70. The molecule has 0 aliphatic heterocycles. The number of thiophene rings is 1. The Morgan fingerprint density at radius 3 is 2.61 bits per heavy atom. The van der Waals surface area contributed by atoms with Crippen LogP contribution in [0.15, 0.2) is 41.8 Å². The van der Waals surface area contributed by atoms with E-state index in [0.717, 1.165) is 10.4 Å². The van der Waals surface area contributed by atoms with Gasteiger partial charge in [0.15, 0.2) is 0 Å². The monoisotopic (exact) mass is 262 g/mol. The number of benzene rings is 1. The molecule has 0 fully saturated rings. The highest BCUT2D eigenvalue weighted by atomic mass is 32.1. The molecular formula is C14H14O3S. The van der Waals surface area contributed by atoms with Gasteiger partial charge in [0.25, 0.3) is 0 Å². The van der Waals surface area contributed by atoms with E-state index in [0.29, 0.717) is 6.42 Å². The second-order valence-electron chi connectivity index (χ2n) is 3.94. The van der Waals surface area contributed by atoms with Gasteiger partial charge in [0.05, 0.1) is 13.5 Å². The molecule has 2 rings (SSSR count). The van der Waals surface area contributed by atoms with Gasteiger partial charge in [-0.3, -0.25) is 4.79 Å². The molecule has 0 amide bonds. The maximum atomic E-state index is 11.5. The molecule has 4 heteroatoms. The van der Waals surface area contributed by atoms with Crippen LogP contribution in [0.3, 0.4) is 0 Å². The lowest BCUT2D eigenvalue weighted by Crippen LogP contribution is -2.08. The fraction of sp³-hybridized carbons (Fsp3) is 0.214. The molecule has 0 radical (unpaired) electrons. The van der Waals surface area contributed by atoms with Gasteiger partial charge >= 0.3 is 5.97 Å². The van der Waals surface area contributed by atoms with E-state index in [1.807, 2.05) is 29.6 Å². The maximum Gasteiger partial charge on any atom is 0.306 e. The lowest BCUT2D eigenvalue weighted by molar-refractivity contribution is -0.140. The molecule has 1 atom stereocenters. The number of hydrogen-bond donors (Lipinski definition) is 1. The van der Waals surface area contributed by atoms with E-state index in [1.54, 1.807) is 23.5 Å². The number of rotatable bonds is 4. The zero-order chi connectivity index (χ0) is 13.0. The van der Waals surface area contributed by atoms with Crippen LogP contribution in [0.4, 0.5) is 0 Å². The van der Waals surface area contributed by atoms with Gasteiger partial charge in [-0.2, -0.15) is 0 Å². The van der Waals surface area contributed by atoms with Gasteiger partial charge in [-0.15, -0.1) is 11.3 Å². The fourth-order valence-electron chi connectivity index (χ4n) is 1.83. The van der Waals surface area contributed by atoms with Crippen molar-refractivity contribution in [3.63, 3.8) is 0 Å². The van der Waals surface area contributed by atoms with Crippen molar-refractivity contribution in [1.82, 2.24) is 0 Å². The number of methoxy groups -OCH3 is 1. The summed E-state index contributed by atoms with van der Waals surface area (Å²) in [7, 11) is 1.39. The Hall–Kier alpha value is -1.81. The molecule has 1 aromatic carbocycles. The number of aromatic hydroxyl groups is 1. The number of phenols is 1. The molecule has 3 nitrogen and oxygen atoms in total. The van der Waals surface area contributed by atoms with Gasteiger partial charge in [-0.25, -0.2) is 0 Å². The second kappa shape index (κ2) is 5.69. The molecule has 0 aliphatic rings. The molecule has 0 unspecified atom stereocenters. The first-order valence-corrected chi connectivity index (χ1v) is 6.48. The smallest absolute Gasteiger partial charge is 0.306 e. The van der Waals surface area contributed by atoms with Gasteiger partial charge < -0.3 is 9.84 Å². The highest BCUT2D eigenvalue weighted by Crippen LogP contribution is 2.32. The second-order valence-corrected chi connectivity index (χ2v) is 4.92. The van der Waals surface area contributed by atoms with Crippen LogP contribution < -0.4 is 0 Å². The van der Waals surface area contributed by atoms with Crippen molar-refractivity contribution < 1.29 is 14.6 Å². The lowest BCUT2D eigenvalue weighted by Gasteiger charge is -2.14. The topological polar surface area (TPSA) is 46.5 Å². The van der Waals surface area contributed by atoms with E-state index in [2.05, 4.69) is 0 Å². The third-order valence-electron chi connectivity index (χ3n) is 2.78. The lowest BCUT2D eigenvalue weighted by atomic mass is 9.94. The van der Waals surface area contributed by atoms with E-state index in [-0.39, 0.29) is 17.6 Å². The minimum absolute atomic E-state index is 0.0157. The largest absolute Gasteiger partial charge is 0.508 e. The van der Waals surface area contributed by atoms with Crippen molar-refractivity contribution in [1.29, 1.82) is 0 Å². The van der Waals surface area contributed by atoms with Gasteiger partial charge in [0.2, 0.25) is 0 Å². The summed E-state index contributed by atoms with van der Waals surface area (Å²) in [6, 6.07) is 10.9. The summed E-state index contributed by atoms with van der Waals surface area (Å²) in [5.41, 5.74) is 1.00. The highest BCUT2D eigenvalue weighted by Gasteiger charge is 2.19. The van der Waals surface area contributed by atoms with E-state index in [4.69, 9.17) is 4.74 Å². The highest BCUT2D eigenvalue weighted by molar-refractivity contribution is 7.10. The Labute approximate surface area is 110 Å². The third kappa shape index (κ3) is 2.90. The van der Waals surface area contributed by atoms with Crippen molar-refractivity contribution >= 4 is 17.3 Å². The van der Waals surface area contributed by atoms with Crippen LogP contribution in [0.25, 0.3) is 0 Å². The summed E-state index contributed by atoms with van der Waals surface area (Å²) in [6.45, 7) is 0. The molecule has 0 saturated carbocycles. The van der Waals surface area contributed by atoms with Crippen LogP contribution in [-0.2, 0) is 9.53 Å². The summed E-state index contributed by atoms with van der Waals surface area (Å²) in [5, 5.41) is 11.3. The number of hydrogen-bond acceptors (Lipinski definition) is 4. The predicted octanol–water partition coefficient (Wildman–Crippen LogP) is 3.15. The third-order valence-corrected chi connectivity index (χ3v) is 3.77. The summed E-state index contributed by atoms with van der Waals surface area (Å²) in [4.78, 5) is 12.6. The first kappa shape index (κ1) is 12.6. The molecule has 0 saturated heterocycles. The molecule has 0 spiro atoms. The number of esters is 1. The first-order valence-electron chi connectivity index (χ1n) is 5.60. The SMILES string of the molecule is COC(=O)C[C@H](c1ccc(O)cc1)c1cccs1. The average Bonchev–Trinajstić information content (AvgIpc) is 2.90. The molecule has 0 bridgehead atoms. The molecule has 18 heavy (non-hydrogen) atoms. The Morgan fingerprint density at radius 2 is 2.06 bits per heavy atom. The quantitative estimate of drug-likeness (QED) is 0.861. The molecule has 0 aliphatic carbocycles. The average molecular weight is 262 g/mol. The standard InChI is InChI=1S/C14H14O3S/c1-17-14(16)9-12(13-3-2-8-18-13)10-4-6-11(15)7-5-10/h2-8,12,15H,9H2,1H3/t12-/m1/s1. The minimum atomic E-state index is -0.235. The molecule has 1 N–H and O–H groups in total. The minimum Gasteiger partial charge on any atom is -0.508 e. The van der Waals surface area contributed by atoms with Gasteiger partial charge in [-0.1, -0.05) is 18.2 Å². The van der Waals surface area contributed by atoms with E-state index >= 15 is 0 Å². The van der Waals surface area contributed by atoms with Crippen molar-refractivity contribution in [3.05, 3.63) is 52.2 Å². The molecule has 1 aromatic heterocycles. The van der Waals surface area contributed by atoms with Gasteiger partial charge in [0.1, 0.15) is 5.75 Å². The normalized spacial score (nSPS) is 12.1. The summed E-state index contributed by atoms with van der Waals surface area (Å²) in [5.74, 6) is -0.0266. The van der Waals surface area contributed by atoms with Crippen molar-refractivity contribution in [3.8, 4) is 5.75 Å². The summed E-state index contributed by atoms with van der Waals surface area (Å²) in [6.07, 6.45) is 0.307. The maximum absolute atomic E-state index is 11.5. The Balaban J connectivity index is 2.30. The van der Waals surface area contributed by atoms with Crippen LogP contribution in [0.1, 0.15) is 22.8 Å². The van der Waals surface area contributed by atoms with Crippen LogP contribution >= 0.6 is 11.3 Å². The molecule has 2 aromatic rings. The fourth-order valence-corrected chi connectivity index (χ4v) is 2.68. The Kier molecular flexibility index (Phi) is 3.99. The van der Waals surface area contributed by atoms with Crippen LogP contribution in [0.2, 0.25) is 0 Å². The van der Waals surface area contributed by atoms with Gasteiger partial charge in [-0.05, 0) is 29.1 Å². The number of carbonyl (C=O) groups excluding carboxylic acids is 1. The van der Waals surface area contributed by atoms with Gasteiger partial charge in [0, 0.05) is 10.8 Å². The number of carbonyl (C=O) groups is 1.